The summed E-state index contributed by atoms with van der Waals surface area (Å²) < 4.78 is 16.9. The Morgan fingerprint density at radius 2 is 1.67 bits per heavy atom. The summed E-state index contributed by atoms with van der Waals surface area (Å²) in [7, 11) is 1.22. The molecule has 5 heteroatoms. The molecule has 30 heavy (non-hydrogen) atoms. The van der Waals surface area contributed by atoms with Crippen molar-refractivity contribution in [3.8, 4) is 5.75 Å². The van der Waals surface area contributed by atoms with Crippen molar-refractivity contribution < 1.29 is 19.0 Å². The van der Waals surface area contributed by atoms with Crippen LogP contribution >= 0.6 is 0 Å². The van der Waals surface area contributed by atoms with Gasteiger partial charge in [0.25, 0.3) is 0 Å². The summed E-state index contributed by atoms with van der Waals surface area (Å²) in [6.07, 6.45) is 2.32. The van der Waals surface area contributed by atoms with Gasteiger partial charge in [0.1, 0.15) is 5.75 Å². The van der Waals surface area contributed by atoms with Crippen LogP contribution in [-0.2, 0) is 20.7 Å². The highest BCUT2D eigenvalue weighted by Crippen LogP contribution is 2.46. The summed E-state index contributed by atoms with van der Waals surface area (Å²) in [5.74, 6) is 1.05. The van der Waals surface area contributed by atoms with Gasteiger partial charge in [0, 0.05) is 0 Å². The minimum Gasteiger partial charge on any atom is -0.497 e. The Morgan fingerprint density at radius 1 is 1.00 bits per heavy atom. The molecule has 4 nitrogen and oxygen atoms in total. The zero-order chi connectivity index (χ0) is 21.7. The molecule has 1 saturated heterocycles. The van der Waals surface area contributed by atoms with Crippen LogP contribution in [0.1, 0.15) is 25.3 Å². The number of hydrogen-bond acceptors (Lipinski definition) is 4. The molecule has 2 aromatic rings. The van der Waals surface area contributed by atoms with Crippen molar-refractivity contribution >= 4 is 19.2 Å². The highest BCUT2D eigenvalue weighted by molar-refractivity contribution is 6.91. The molecule has 162 valence electrons. The van der Waals surface area contributed by atoms with Gasteiger partial charge in [-0.25, -0.2) is 0 Å². The number of hydrogen-bond donors (Lipinski definition) is 0. The molecule has 3 rings (SSSR count). The summed E-state index contributed by atoms with van der Waals surface area (Å²) in [6.45, 7) is 7.09. The van der Waals surface area contributed by atoms with E-state index in [0.717, 1.165) is 18.6 Å². The summed E-state index contributed by atoms with van der Waals surface area (Å²) in [5.41, 5.74) is 1.67. The van der Waals surface area contributed by atoms with Crippen molar-refractivity contribution in [2.45, 2.75) is 57.0 Å². The normalized spacial score (nSPS) is 23.9. The predicted molar refractivity (Wildman–Crippen MR) is 123 cm³/mol. The molecule has 1 aliphatic rings. The largest absolute Gasteiger partial charge is 0.497 e. The molecule has 1 aliphatic heterocycles. The fourth-order valence-corrected chi connectivity index (χ4v) is 9.11. The molecule has 0 aromatic heterocycles. The van der Waals surface area contributed by atoms with Crippen LogP contribution in [0.5, 0.6) is 5.75 Å². The maximum absolute atomic E-state index is 12.1. The van der Waals surface area contributed by atoms with E-state index in [0.29, 0.717) is 17.9 Å². The Bertz CT molecular complexity index is 819. The van der Waals surface area contributed by atoms with Gasteiger partial charge in [-0.3, -0.25) is 4.79 Å². The molecule has 4 atom stereocenters. The molecule has 1 heterocycles. The molecule has 0 aliphatic carbocycles. The number of carbonyl (C=O) groups excluding carboxylic acids is 1. The van der Waals surface area contributed by atoms with Gasteiger partial charge in [-0.1, -0.05) is 67.7 Å². The predicted octanol–water partition coefficient (Wildman–Crippen LogP) is 4.58. The molecule has 0 radical (unpaired) electrons. The molecule has 0 spiro atoms. The fourth-order valence-electron chi connectivity index (χ4n) is 5.05. The second-order valence-electron chi connectivity index (χ2n) is 8.85. The van der Waals surface area contributed by atoms with E-state index in [4.69, 9.17) is 14.2 Å². The SMILES string of the molecule is COC(=O)C[C@H]1O[C@@H](CCc2ccccc2)[C@@H](C)[C@@H]1[Si](C)(C)c1ccc(OC)cc1. The maximum Gasteiger partial charge on any atom is 0.308 e. The van der Waals surface area contributed by atoms with E-state index >= 15 is 0 Å². The molecule has 0 unspecified atom stereocenters. The average Bonchev–Trinajstić information content (AvgIpc) is 3.08. The van der Waals surface area contributed by atoms with Crippen LogP contribution < -0.4 is 9.92 Å². The van der Waals surface area contributed by atoms with Gasteiger partial charge < -0.3 is 14.2 Å². The molecule has 2 aromatic carbocycles. The lowest BCUT2D eigenvalue weighted by Crippen LogP contribution is -2.50. The summed E-state index contributed by atoms with van der Waals surface area (Å²) in [6, 6.07) is 19.0. The Hall–Kier alpha value is -2.11. The van der Waals surface area contributed by atoms with E-state index in [-0.39, 0.29) is 18.2 Å². The van der Waals surface area contributed by atoms with Crippen LogP contribution in [0.3, 0.4) is 0 Å². The molecule has 0 bridgehead atoms. The van der Waals surface area contributed by atoms with Crippen LogP contribution in [-0.4, -0.2) is 40.5 Å². The zero-order valence-electron chi connectivity index (χ0n) is 18.8. The number of benzene rings is 2. The minimum atomic E-state index is -1.93. The van der Waals surface area contributed by atoms with Crippen molar-refractivity contribution in [3.05, 3.63) is 60.2 Å². The second-order valence-corrected chi connectivity index (χ2v) is 13.5. The molecular weight excluding hydrogens is 392 g/mol. The minimum absolute atomic E-state index is 0.100. The highest BCUT2D eigenvalue weighted by Gasteiger charge is 2.51. The molecule has 0 saturated carbocycles. The molecular formula is C25H34O4Si. The monoisotopic (exact) mass is 426 g/mol. The Balaban J connectivity index is 1.82. The third-order valence-electron chi connectivity index (χ3n) is 6.73. The van der Waals surface area contributed by atoms with Gasteiger partial charge in [-0.15, -0.1) is 0 Å². The first kappa shape index (κ1) is 22.6. The van der Waals surface area contributed by atoms with E-state index in [1.165, 1.54) is 17.9 Å². The van der Waals surface area contributed by atoms with Crippen molar-refractivity contribution in [1.29, 1.82) is 0 Å². The van der Waals surface area contributed by atoms with Gasteiger partial charge in [0.15, 0.2) is 0 Å². The lowest BCUT2D eigenvalue weighted by Gasteiger charge is -2.36. The fraction of sp³-hybridized carbons (Fsp3) is 0.480. The van der Waals surface area contributed by atoms with Crippen LogP contribution in [0, 0.1) is 5.92 Å². The van der Waals surface area contributed by atoms with Crippen LogP contribution in [0.25, 0.3) is 0 Å². The summed E-state index contributed by atoms with van der Waals surface area (Å²) >= 11 is 0. The van der Waals surface area contributed by atoms with Gasteiger partial charge in [-0.2, -0.15) is 0 Å². The van der Waals surface area contributed by atoms with E-state index in [1.807, 2.05) is 18.2 Å². The standard InChI is InChI=1S/C25H34O4Si/c1-18-22(16-11-19-9-7-6-8-10-19)29-23(17-24(26)28-3)25(18)30(4,5)21-14-12-20(27-2)13-15-21/h6-10,12-15,18,22-23,25H,11,16-17H2,1-5H3/t18-,22+,23-,25+/m1/s1. The Kier molecular flexibility index (Phi) is 7.37. The van der Waals surface area contributed by atoms with Crippen LogP contribution in [0.4, 0.5) is 0 Å². The van der Waals surface area contributed by atoms with Gasteiger partial charge in [0.2, 0.25) is 0 Å². The maximum atomic E-state index is 12.1. The van der Waals surface area contributed by atoms with Crippen LogP contribution in [0.15, 0.2) is 54.6 Å². The summed E-state index contributed by atoms with van der Waals surface area (Å²) in [5, 5.41) is 1.36. The number of rotatable bonds is 8. The van der Waals surface area contributed by atoms with Crippen molar-refractivity contribution in [2.24, 2.45) is 5.92 Å². The third kappa shape index (κ3) is 4.95. The number of esters is 1. The first-order valence-electron chi connectivity index (χ1n) is 10.8. The molecule has 1 fully saturated rings. The molecule has 0 amide bonds. The van der Waals surface area contributed by atoms with Crippen molar-refractivity contribution in [3.63, 3.8) is 0 Å². The first-order chi connectivity index (χ1) is 14.4. The highest BCUT2D eigenvalue weighted by atomic mass is 28.3. The van der Waals surface area contributed by atoms with Crippen molar-refractivity contribution in [1.82, 2.24) is 0 Å². The topological polar surface area (TPSA) is 44.8 Å². The smallest absolute Gasteiger partial charge is 0.308 e. The van der Waals surface area contributed by atoms with E-state index < -0.39 is 8.07 Å². The van der Waals surface area contributed by atoms with Crippen LogP contribution in [0.2, 0.25) is 18.6 Å². The van der Waals surface area contributed by atoms with Gasteiger partial charge in [0.05, 0.1) is 40.9 Å². The zero-order valence-corrected chi connectivity index (χ0v) is 19.8. The second kappa shape index (κ2) is 9.80. The third-order valence-corrected chi connectivity index (χ3v) is 11.1. The average molecular weight is 427 g/mol. The van der Waals surface area contributed by atoms with Gasteiger partial charge in [-0.05, 0) is 42.0 Å². The van der Waals surface area contributed by atoms with E-state index in [2.05, 4.69) is 56.4 Å². The number of aryl methyl sites for hydroxylation is 1. The van der Waals surface area contributed by atoms with Crippen molar-refractivity contribution in [2.75, 3.05) is 14.2 Å². The number of carbonyl (C=O) groups is 1. The van der Waals surface area contributed by atoms with E-state index in [9.17, 15) is 4.79 Å². The molecule has 0 N–H and O–H groups in total. The van der Waals surface area contributed by atoms with Gasteiger partial charge >= 0.3 is 5.97 Å². The quantitative estimate of drug-likeness (QED) is 0.458. The lowest BCUT2D eigenvalue weighted by atomic mass is 9.95. The number of methoxy groups -OCH3 is 2. The Labute approximate surface area is 181 Å². The first-order valence-corrected chi connectivity index (χ1v) is 13.8. The summed E-state index contributed by atoms with van der Waals surface area (Å²) in [4.78, 5) is 12.1. The Morgan fingerprint density at radius 3 is 2.27 bits per heavy atom. The van der Waals surface area contributed by atoms with E-state index in [1.54, 1.807) is 7.11 Å². The number of ether oxygens (including phenoxy) is 3. The lowest BCUT2D eigenvalue weighted by molar-refractivity contribution is -0.143.